The summed E-state index contributed by atoms with van der Waals surface area (Å²) in [5.41, 5.74) is 2.07. The van der Waals surface area contributed by atoms with E-state index in [0.717, 1.165) is 24.2 Å². The zero-order valence-electron chi connectivity index (χ0n) is 17.4. The monoisotopic (exact) mass is 405 g/mol. The van der Waals surface area contributed by atoms with Crippen molar-refractivity contribution in [1.82, 2.24) is 20.5 Å². The second-order valence-corrected chi connectivity index (χ2v) is 8.48. The Morgan fingerprint density at radius 3 is 2.53 bits per heavy atom. The molecule has 0 spiro atoms. The van der Waals surface area contributed by atoms with Gasteiger partial charge in [0.25, 0.3) is 0 Å². The molecule has 0 unspecified atom stereocenters. The average molecular weight is 406 g/mol. The predicted molar refractivity (Wildman–Crippen MR) is 115 cm³/mol. The number of nitrogens with one attached hydrogen (secondary N) is 1. The second kappa shape index (κ2) is 7.72. The van der Waals surface area contributed by atoms with Crippen molar-refractivity contribution in [3.05, 3.63) is 42.4 Å². The van der Waals surface area contributed by atoms with Crippen LogP contribution in [0.5, 0.6) is 5.75 Å². The summed E-state index contributed by atoms with van der Waals surface area (Å²) in [6, 6.07) is 11.1. The molecule has 156 valence electrons. The van der Waals surface area contributed by atoms with Gasteiger partial charge in [-0.15, -0.1) is 10.2 Å². The fraction of sp³-hybridized carbons (Fsp3) is 0.435. The molecule has 2 saturated heterocycles. The number of nitrogens with zero attached hydrogens (tertiary/aromatic N) is 4. The van der Waals surface area contributed by atoms with Crippen LogP contribution in [0.4, 0.5) is 5.82 Å². The summed E-state index contributed by atoms with van der Waals surface area (Å²) >= 11 is 0. The molecule has 30 heavy (non-hydrogen) atoms. The molecule has 2 N–H and O–H groups in total. The molecule has 4 heterocycles. The molecule has 2 aliphatic heterocycles. The third-order valence-electron chi connectivity index (χ3n) is 6.43. The van der Waals surface area contributed by atoms with Gasteiger partial charge in [-0.1, -0.05) is 12.5 Å². The number of aromatic hydroxyl groups is 1. The Hall–Kier alpha value is -2.93. The normalized spacial score (nSPS) is 23.3. The van der Waals surface area contributed by atoms with E-state index in [4.69, 9.17) is 4.42 Å². The van der Waals surface area contributed by atoms with E-state index in [1.807, 2.05) is 24.3 Å². The fourth-order valence-electron chi connectivity index (χ4n) is 4.79. The van der Waals surface area contributed by atoms with E-state index in [2.05, 4.69) is 32.4 Å². The number of benzene rings is 1. The van der Waals surface area contributed by atoms with E-state index in [0.29, 0.717) is 41.0 Å². The van der Waals surface area contributed by atoms with Gasteiger partial charge in [-0.3, -0.25) is 0 Å². The Balaban J connectivity index is 1.33. The highest BCUT2D eigenvalue weighted by Crippen LogP contribution is 2.34. The van der Waals surface area contributed by atoms with Crippen molar-refractivity contribution < 1.29 is 9.52 Å². The highest BCUT2D eigenvalue weighted by atomic mass is 16.4. The van der Waals surface area contributed by atoms with Crippen molar-refractivity contribution in [2.24, 2.45) is 0 Å². The average Bonchev–Trinajstić information content (AvgIpc) is 3.19. The van der Waals surface area contributed by atoms with Crippen LogP contribution in [0.2, 0.25) is 0 Å². The lowest BCUT2D eigenvalue weighted by Crippen LogP contribution is -2.54. The van der Waals surface area contributed by atoms with Crippen LogP contribution in [-0.2, 0) is 0 Å². The van der Waals surface area contributed by atoms with Crippen molar-refractivity contribution in [1.29, 1.82) is 0 Å². The van der Waals surface area contributed by atoms with E-state index in [9.17, 15) is 5.11 Å². The molecule has 2 aromatic heterocycles. The number of phenols is 1. The van der Waals surface area contributed by atoms with Gasteiger partial charge in [0.1, 0.15) is 5.75 Å². The van der Waals surface area contributed by atoms with Crippen LogP contribution < -0.4 is 10.2 Å². The number of rotatable bonds is 4. The van der Waals surface area contributed by atoms with Gasteiger partial charge in [-0.25, -0.2) is 4.98 Å². The summed E-state index contributed by atoms with van der Waals surface area (Å²) in [6.07, 6.45) is 7.84. The molecule has 7 heteroatoms. The molecular weight excluding hydrogens is 378 g/mol. The summed E-state index contributed by atoms with van der Waals surface area (Å²) in [5, 5.41) is 23.1. The standard InChI is InChI=1S/C23H27N5O2/c1-14-24-13-22(30-14)15-6-7-19(21(29)10-15)20-8-9-23(27-26-20)28(2)18-11-16-4-3-5-17(12-18)25-16/h6-10,13,16-18,25,29H,3-5,11-12H2,1-2H3/t16-,17+,18-. The molecule has 0 radical (unpaired) electrons. The second-order valence-electron chi connectivity index (χ2n) is 8.48. The van der Waals surface area contributed by atoms with Crippen LogP contribution in [0.3, 0.4) is 0 Å². The lowest BCUT2D eigenvalue weighted by molar-refractivity contribution is 0.219. The quantitative estimate of drug-likeness (QED) is 0.680. The SMILES string of the molecule is Cc1ncc(-c2ccc(-c3ccc(N(C)[C@@H]4C[C@H]5CCC[C@@H](C4)N5)nn3)c(O)c2)o1. The van der Waals surface area contributed by atoms with Crippen LogP contribution in [-0.4, -0.2) is 45.5 Å². The smallest absolute Gasteiger partial charge is 0.191 e. The number of anilines is 1. The summed E-state index contributed by atoms with van der Waals surface area (Å²) in [4.78, 5) is 6.37. The Labute approximate surface area is 176 Å². The largest absolute Gasteiger partial charge is 0.507 e. The number of aromatic nitrogens is 3. The molecule has 0 amide bonds. The maximum absolute atomic E-state index is 10.5. The molecule has 2 bridgehead atoms. The van der Waals surface area contributed by atoms with Crippen molar-refractivity contribution in [3.8, 4) is 28.3 Å². The first-order valence-corrected chi connectivity index (χ1v) is 10.7. The third-order valence-corrected chi connectivity index (χ3v) is 6.43. The molecule has 5 rings (SSSR count). The maximum atomic E-state index is 10.5. The first kappa shape index (κ1) is 19.1. The Morgan fingerprint density at radius 2 is 1.90 bits per heavy atom. The van der Waals surface area contributed by atoms with Gasteiger partial charge in [-0.2, -0.15) is 0 Å². The van der Waals surface area contributed by atoms with Gasteiger partial charge in [-0.05, 0) is 49.9 Å². The maximum Gasteiger partial charge on any atom is 0.191 e. The predicted octanol–water partition coefficient (Wildman–Crippen LogP) is 3.92. The number of aryl methyl sites for hydroxylation is 1. The zero-order chi connectivity index (χ0) is 20.7. The highest BCUT2D eigenvalue weighted by molar-refractivity contribution is 5.72. The number of oxazole rings is 1. The molecule has 7 nitrogen and oxygen atoms in total. The summed E-state index contributed by atoms with van der Waals surface area (Å²) < 4.78 is 5.54. The Bertz CT molecular complexity index is 1020. The minimum Gasteiger partial charge on any atom is -0.507 e. The van der Waals surface area contributed by atoms with E-state index in [-0.39, 0.29) is 5.75 Å². The van der Waals surface area contributed by atoms with Crippen molar-refractivity contribution in [2.75, 3.05) is 11.9 Å². The first-order valence-electron chi connectivity index (χ1n) is 10.7. The van der Waals surface area contributed by atoms with Gasteiger partial charge < -0.3 is 19.7 Å². The summed E-state index contributed by atoms with van der Waals surface area (Å²) in [5.74, 6) is 2.24. The van der Waals surface area contributed by atoms with Gasteiger partial charge in [0.05, 0.1) is 11.9 Å². The molecular formula is C23H27N5O2. The van der Waals surface area contributed by atoms with Crippen LogP contribution in [0.15, 0.2) is 40.9 Å². The van der Waals surface area contributed by atoms with Gasteiger partial charge >= 0.3 is 0 Å². The molecule has 2 aliphatic rings. The van der Waals surface area contributed by atoms with Crippen molar-refractivity contribution in [3.63, 3.8) is 0 Å². The van der Waals surface area contributed by atoms with Gasteiger partial charge in [0.2, 0.25) is 0 Å². The Kier molecular flexibility index (Phi) is 4.90. The van der Waals surface area contributed by atoms with E-state index in [1.54, 1.807) is 19.2 Å². The van der Waals surface area contributed by atoms with Crippen LogP contribution >= 0.6 is 0 Å². The molecule has 0 saturated carbocycles. The van der Waals surface area contributed by atoms with Crippen molar-refractivity contribution >= 4 is 5.82 Å². The lowest BCUT2D eigenvalue weighted by atomic mass is 9.83. The number of hydrogen-bond donors (Lipinski definition) is 2. The minimum atomic E-state index is 0.142. The molecule has 1 aromatic carbocycles. The molecule has 3 aromatic rings. The van der Waals surface area contributed by atoms with Crippen LogP contribution in [0.25, 0.3) is 22.6 Å². The van der Waals surface area contributed by atoms with Gasteiger partial charge in [0.15, 0.2) is 17.5 Å². The van der Waals surface area contributed by atoms with E-state index >= 15 is 0 Å². The number of hydrogen-bond acceptors (Lipinski definition) is 7. The van der Waals surface area contributed by atoms with E-state index < -0.39 is 0 Å². The number of fused-ring (bicyclic) bond motifs is 2. The topological polar surface area (TPSA) is 87.3 Å². The Morgan fingerprint density at radius 1 is 1.10 bits per heavy atom. The molecule has 0 aliphatic carbocycles. The zero-order valence-corrected chi connectivity index (χ0v) is 17.4. The highest BCUT2D eigenvalue weighted by Gasteiger charge is 2.33. The third kappa shape index (κ3) is 3.65. The van der Waals surface area contributed by atoms with E-state index in [1.165, 1.54) is 19.3 Å². The van der Waals surface area contributed by atoms with Gasteiger partial charge in [0, 0.05) is 43.2 Å². The van der Waals surface area contributed by atoms with Crippen LogP contribution in [0, 0.1) is 6.92 Å². The van der Waals surface area contributed by atoms with Crippen molar-refractivity contribution in [2.45, 2.75) is 57.2 Å². The molecule has 3 atom stereocenters. The van der Waals surface area contributed by atoms with Crippen LogP contribution in [0.1, 0.15) is 38.0 Å². The minimum absolute atomic E-state index is 0.142. The lowest BCUT2D eigenvalue weighted by Gasteiger charge is -2.43. The fourth-order valence-corrected chi connectivity index (χ4v) is 4.79. The summed E-state index contributed by atoms with van der Waals surface area (Å²) in [6.45, 7) is 1.79. The number of phenolic OH excluding ortho intramolecular Hbond substituents is 1. The molecule has 2 fully saturated rings. The number of piperidine rings is 2. The summed E-state index contributed by atoms with van der Waals surface area (Å²) in [7, 11) is 2.11. The first-order chi connectivity index (χ1) is 14.6.